The van der Waals surface area contributed by atoms with Gasteiger partial charge in [-0.15, -0.1) is 8.78 Å². The highest BCUT2D eigenvalue weighted by molar-refractivity contribution is 5.96. The fourth-order valence-electron chi connectivity index (χ4n) is 3.30. The molecular formula is C21H20F2N4O4. The van der Waals surface area contributed by atoms with Gasteiger partial charge in [0.2, 0.25) is 5.91 Å². The molecule has 2 heterocycles. The van der Waals surface area contributed by atoms with Crippen molar-refractivity contribution in [1.29, 1.82) is 0 Å². The van der Waals surface area contributed by atoms with Crippen molar-refractivity contribution in [2.45, 2.75) is 26.2 Å². The van der Waals surface area contributed by atoms with Crippen molar-refractivity contribution in [1.82, 2.24) is 9.36 Å². The minimum Gasteiger partial charge on any atom is -0.395 e. The van der Waals surface area contributed by atoms with Crippen LogP contribution in [-0.2, 0) is 11.8 Å². The number of carbonyl (C=O) groups excluding carboxylic acids is 1. The molecule has 1 aromatic heterocycles. The van der Waals surface area contributed by atoms with Gasteiger partial charge in [-0.1, -0.05) is 18.2 Å². The molecule has 0 spiro atoms. The third kappa shape index (κ3) is 3.83. The largest absolute Gasteiger partial charge is 0.586 e. The van der Waals surface area contributed by atoms with Crippen molar-refractivity contribution in [3.8, 4) is 17.2 Å². The summed E-state index contributed by atoms with van der Waals surface area (Å²) in [6.07, 6.45) is -3.71. The second-order valence-corrected chi connectivity index (χ2v) is 7.12. The van der Waals surface area contributed by atoms with Crippen molar-refractivity contribution in [2.75, 3.05) is 10.6 Å². The molecule has 0 bridgehead atoms. The molecule has 1 amide bonds. The number of carbonyl (C=O) groups is 1. The Morgan fingerprint density at radius 1 is 1.10 bits per heavy atom. The first-order chi connectivity index (χ1) is 14.7. The van der Waals surface area contributed by atoms with Gasteiger partial charge in [0.1, 0.15) is 11.7 Å². The van der Waals surface area contributed by atoms with E-state index in [-0.39, 0.29) is 22.7 Å². The van der Waals surface area contributed by atoms with Crippen LogP contribution in [0.5, 0.6) is 11.5 Å². The van der Waals surface area contributed by atoms with Gasteiger partial charge in [0.25, 0.3) is 5.56 Å². The first-order valence-electron chi connectivity index (χ1n) is 9.47. The van der Waals surface area contributed by atoms with E-state index in [2.05, 4.69) is 20.1 Å². The Bertz CT molecular complexity index is 1200. The van der Waals surface area contributed by atoms with E-state index in [1.807, 2.05) is 18.2 Å². The summed E-state index contributed by atoms with van der Waals surface area (Å²) in [7, 11) is 1.73. The number of hydrogen-bond donors (Lipinski definition) is 2. The summed E-state index contributed by atoms with van der Waals surface area (Å²) < 4.78 is 38.2. The number of nitrogens with one attached hydrogen (secondary N) is 2. The van der Waals surface area contributed by atoms with Crippen molar-refractivity contribution in [3.05, 3.63) is 64.6 Å². The van der Waals surface area contributed by atoms with Gasteiger partial charge in [0.15, 0.2) is 11.5 Å². The third-order valence-corrected chi connectivity index (χ3v) is 4.98. The van der Waals surface area contributed by atoms with Gasteiger partial charge in [-0.05, 0) is 38.1 Å². The number of anilines is 2. The highest BCUT2D eigenvalue weighted by atomic mass is 19.3. The van der Waals surface area contributed by atoms with Gasteiger partial charge in [0, 0.05) is 18.8 Å². The smallest absolute Gasteiger partial charge is 0.395 e. The molecule has 0 aliphatic carbocycles. The zero-order valence-electron chi connectivity index (χ0n) is 17.0. The van der Waals surface area contributed by atoms with Crippen LogP contribution in [0.15, 0.2) is 53.3 Å². The number of amides is 1. The Labute approximate surface area is 176 Å². The van der Waals surface area contributed by atoms with Gasteiger partial charge in [-0.25, -0.2) is 4.68 Å². The molecule has 0 saturated heterocycles. The number of fused-ring (bicyclic) bond motifs is 1. The second-order valence-electron chi connectivity index (χ2n) is 7.12. The highest BCUT2D eigenvalue weighted by Crippen LogP contribution is 2.42. The Balaban J connectivity index is 1.51. The first kappa shape index (κ1) is 20.5. The summed E-state index contributed by atoms with van der Waals surface area (Å²) in [5, 5.41) is 5.57. The second kappa shape index (κ2) is 7.46. The summed E-state index contributed by atoms with van der Waals surface area (Å²) in [4.78, 5) is 25.6. The lowest BCUT2D eigenvalue weighted by atomic mass is 10.2. The molecule has 0 saturated carbocycles. The fraction of sp³-hybridized carbons (Fsp3) is 0.238. The maximum Gasteiger partial charge on any atom is 0.586 e. The lowest BCUT2D eigenvalue weighted by Gasteiger charge is -2.15. The molecule has 3 aromatic rings. The quantitative estimate of drug-likeness (QED) is 0.649. The lowest BCUT2D eigenvalue weighted by molar-refractivity contribution is -0.286. The number of aromatic nitrogens is 2. The molecule has 162 valence electrons. The maximum absolute atomic E-state index is 13.2. The van der Waals surface area contributed by atoms with Crippen LogP contribution in [0.2, 0.25) is 0 Å². The van der Waals surface area contributed by atoms with Crippen molar-refractivity contribution in [2.24, 2.45) is 7.05 Å². The number of para-hydroxylation sites is 1. The average molecular weight is 430 g/mol. The molecule has 2 aromatic carbocycles. The van der Waals surface area contributed by atoms with Crippen LogP contribution in [0, 0.1) is 6.92 Å². The molecule has 8 nitrogen and oxygen atoms in total. The van der Waals surface area contributed by atoms with Gasteiger partial charge < -0.3 is 20.1 Å². The topological polar surface area (TPSA) is 86.5 Å². The molecule has 10 heteroatoms. The first-order valence-corrected chi connectivity index (χ1v) is 9.47. The Morgan fingerprint density at radius 3 is 2.48 bits per heavy atom. The SMILES string of the molecule is Cc1c(NC(=O)[C@H](C)Nc2ccc3c(c2)OC(F)(F)O3)c(=O)n(-c2ccccc2)n1C. The molecule has 2 N–H and O–H groups in total. The zero-order valence-corrected chi connectivity index (χ0v) is 17.0. The summed E-state index contributed by atoms with van der Waals surface area (Å²) in [5.74, 6) is -0.685. The molecule has 31 heavy (non-hydrogen) atoms. The predicted octanol–water partition coefficient (Wildman–Crippen LogP) is 3.25. The van der Waals surface area contributed by atoms with Crippen LogP contribution in [-0.4, -0.2) is 27.6 Å². The molecular weight excluding hydrogens is 410 g/mol. The maximum atomic E-state index is 13.2. The molecule has 1 aliphatic heterocycles. The standard InChI is InChI=1S/C21H20F2N4O4/c1-12(24-14-9-10-16-17(11-14)31-21(22,23)30-16)19(28)25-18-13(2)26(3)27(20(18)29)15-7-5-4-6-8-15/h4-12,24H,1-3H3,(H,25,28)/t12-/m0/s1. The van der Waals surface area contributed by atoms with Crippen molar-refractivity contribution >= 4 is 17.3 Å². The van der Waals surface area contributed by atoms with E-state index in [4.69, 9.17) is 0 Å². The molecule has 0 fully saturated rings. The number of hydrogen-bond acceptors (Lipinski definition) is 5. The van der Waals surface area contributed by atoms with Crippen LogP contribution in [0.1, 0.15) is 12.6 Å². The van der Waals surface area contributed by atoms with E-state index in [1.165, 1.54) is 22.9 Å². The van der Waals surface area contributed by atoms with E-state index >= 15 is 0 Å². The molecule has 1 aliphatic rings. The number of halogens is 2. The van der Waals surface area contributed by atoms with Crippen molar-refractivity contribution < 1.29 is 23.0 Å². The van der Waals surface area contributed by atoms with Gasteiger partial charge in [-0.3, -0.25) is 14.3 Å². The minimum absolute atomic E-state index is 0.0889. The number of rotatable bonds is 5. The average Bonchev–Trinajstić information content (AvgIpc) is 3.14. The minimum atomic E-state index is -3.71. The zero-order chi connectivity index (χ0) is 22.3. The van der Waals surface area contributed by atoms with Crippen LogP contribution in [0.3, 0.4) is 0 Å². The monoisotopic (exact) mass is 430 g/mol. The van der Waals surface area contributed by atoms with Crippen LogP contribution >= 0.6 is 0 Å². The molecule has 0 radical (unpaired) electrons. The van der Waals surface area contributed by atoms with Crippen LogP contribution < -0.4 is 25.7 Å². The van der Waals surface area contributed by atoms with Gasteiger partial charge in [-0.2, -0.15) is 0 Å². The molecule has 1 atom stereocenters. The fourth-order valence-corrected chi connectivity index (χ4v) is 3.30. The van der Waals surface area contributed by atoms with Gasteiger partial charge in [0.05, 0.1) is 11.4 Å². The normalized spacial score (nSPS) is 14.9. The summed E-state index contributed by atoms with van der Waals surface area (Å²) in [6, 6.07) is 12.4. The number of nitrogens with zero attached hydrogens (tertiary/aromatic N) is 2. The Kier molecular flexibility index (Phi) is 4.92. The Hall–Kier alpha value is -3.82. The van der Waals surface area contributed by atoms with E-state index in [9.17, 15) is 18.4 Å². The van der Waals surface area contributed by atoms with E-state index < -0.39 is 18.2 Å². The molecule has 4 rings (SSSR count). The summed E-state index contributed by atoms with van der Waals surface area (Å²) >= 11 is 0. The predicted molar refractivity (Wildman–Crippen MR) is 110 cm³/mol. The summed E-state index contributed by atoms with van der Waals surface area (Å²) in [6.45, 7) is 3.31. The van der Waals surface area contributed by atoms with E-state index in [1.54, 1.807) is 37.7 Å². The van der Waals surface area contributed by atoms with E-state index in [0.29, 0.717) is 17.1 Å². The van der Waals surface area contributed by atoms with Crippen molar-refractivity contribution in [3.63, 3.8) is 0 Å². The van der Waals surface area contributed by atoms with Crippen LogP contribution in [0.4, 0.5) is 20.2 Å². The lowest BCUT2D eigenvalue weighted by Crippen LogP contribution is -2.33. The summed E-state index contributed by atoms with van der Waals surface area (Å²) in [5.41, 5.74) is 1.43. The highest BCUT2D eigenvalue weighted by Gasteiger charge is 2.43. The number of benzene rings is 2. The molecule has 0 unspecified atom stereocenters. The Morgan fingerprint density at radius 2 is 1.77 bits per heavy atom. The van der Waals surface area contributed by atoms with E-state index in [0.717, 1.165) is 0 Å². The third-order valence-electron chi connectivity index (χ3n) is 4.98. The van der Waals surface area contributed by atoms with Gasteiger partial charge >= 0.3 is 6.29 Å². The van der Waals surface area contributed by atoms with Crippen LogP contribution in [0.25, 0.3) is 5.69 Å². The number of ether oxygens (including phenoxy) is 2. The number of alkyl halides is 2.